The van der Waals surface area contributed by atoms with E-state index in [4.69, 9.17) is 14.0 Å². The summed E-state index contributed by atoms with van der Waals surface area (Å²) in [5.41, 5.74) is 4.66. The quantitative estimate of drug-likeness (QED) is 0.206. The van der Waals surface area contributed by atoms with Crippen molar-refractivity contribution in [3.05, 3.63) is 139 Å². The molecule has 0 saturated heterocycles. The topological polar surface area (TPSA) is 13.1 Å². The van der Waals surface area contributed by atoms with Crippen molar-refractivity contribution in [3.63, 3.8) is 0 Å². The number of hydrogen-bond acceptors (Lipinski definition) is 1. The number of furan rings is 1. The number of fused-ring (bicyclic) bond motifs is 2. The van der Waals surface area contributed by atoms with Crippen molar-refractivity contribution in [2.24, 2.45) is 0 Å². The molecular formula is C40H32O. The van der Waals surface area contributed by atoms with Crippen LogP contribution in [0, 0.1) is 0 Å². The predicted molar refractivity (Wildman–Crippen MR) is 177 cm³/mol. The van der Waals surface area contributed by atoms with Gasteiger partial charge in [-0.1, -0.05) is 128 Å². The van der Waals surface area contributed by atoms with Crippen molar-refractivity contribution < 1.29 is 16.8 Å². The van der Waals surface area contributed by atoms with Gasteiger partial charge in [-0.05, 0) is 75.8 Å². The predicted octanol–water partition coefficient (Wildman–Crippen LogP) is 11.8. The van der Waals surface area contributed by atoms with Crippen molar-refractivity contribution in [2.45, 2.75) is 25.6 Å². The molecule has 0 saturated carbocycles. The van der Waals surface area contributed by atoms with Gasteiger partial charge in [0.05, 0.1) is 6.85 Å². The van der Waals surface area contributed by atoms with Crippen molar-refractivity contribution in [1.29, 1.82) is 0 Å². The molecule has 6 aromatic rings. The van der Waals surface area contributed by atoms with Crippen LogP contribution >= 0.6 is 0 Å². The Morgan fingerprint density at radius 3 is 2.10 bits per heavy atom. The third kappa shape index (κ3) is 4.17. The zero-order chi connectivity index (χ0) is 35.3. The Labute approximate surface area is 254 Å². The van der Waals surface area contributed by atoms with Gasteiger partial charge < -0.3 is 4.42 Å². The average molecular weight is 538 g/mol. The Hall–Kier alpha value is -4.88. The van der Waals surface area contributed by atoms with E-state index in [2.05, 4.69) is 0 Å². The van der Waals surface area contributed by atoms with E-state index >= 15 is 0 Å². The maximum absolute atomic E-state index is 9.25. The Morgan fingerprint density at radius 2 is 1.32 bits per heavy atom. The van der Waals surface area contributed by atoms with Gasteiger partial charge >= 0.3 is 0 Å². The second kappa shape index (κ2) is 10.6. The Bertz CT molecular complexity index is 2360. The summed E-state index contributed by atoms with van der Waals surface area (Å²) in [6.07, 6.45) is -5.08. The van der Waals surface area contributed by atoms with E-state index < -0.39 is 25.6 Å². The summed E-state index contributed by atoms with van der Waals surface area (Å²) >= 11 is 0. The summed E-state index contributed by atoms with van der Waals surface area (Å²) in [6.45, 7) is 1.82. The maximum Gasteiger partial charge on any atom is 0.143 e. The molecule has 1 aromatic heterocycles. The first-order valence-electron chi connectivity index (χ1n) is 18.4. The van der Waals surface area contributed by atoms with Gasteiger partial charge in [0, 0.05) is 27.6 Å². The van der Waals surface area contributed by atoms with E-state index in [-0.39, 0.29) is 34.9 Å². The smallest absolute Gasteiger partial charge is 0.143 e. The van der Waals surface area contributed by atoms with Crippen molar-refractivity contribution in [3.8, 4) is 33.6 Å². The monoisotopic (exact) mass is 537 g/mol. The molecule has 0 amide bonds. The Balaban J connectivity index is 1.69. The van der Waals surface area contributed by atoms with Crippen LogP contribution in [0.4, 0.5) is 0 Å². The molecule has 198 valence electrons. The van der Waals surface area contributed by atoms with Crippen LogP contribution in [0.25, 0.3) is 73.0 Å². The highest BCUT2D eigenvalue weighted by molar-refractivity contribution is 6.17. The zero-order valence-corrected chi connectivity index (χ0v) is 22.2. The lowest BCUT2D eigenvalue weighted by atomic mass is 9.80. The van der Waals surface area contributed by atoms with Crippen LogP contribution in [0.5, 0.6) is 0 Å². The van der Waals surface area contributed by atoms with Gasteiger partial charge in [0.1, 0.15) is 11.3 Å². The van der Waals surface area contributed by atoms with Gasteiger partial charge in [0.2, 0.25) is 0 Å². The van der Waals surface area contributed by atoms with Crippen molar-refractivity contribution in [2.75, 3.05) is 0 Å². The van der Waals surface area contributed by atoms with Crippen LogP contribution in [0.15, 0.2) is 127 Å². The molecule has 0 N–H and O–H groups in total. The lowest BCUT2D eigenvalue weighted by Crippen LogP contribution is -2.00. The molecule has 0 radical (unpaired) electrons. The summed E-state index contributed by atoms with van der Waals surface area (Å²) in [5, 5.41) is 2.13. The average Bonchev–Trinajstić information content (AvgIpc) is 3.54. The van der Waals surface area contributed by atoms with Gasteiger partial charge in [0.25, 0.3) is 0 Å². The second-order valence-electron chi connectivity index (χ2n) is 9.82. The van der Waals surface area contributed by atoms with Crippen LogP contribution < -0.4 is 0 Å². The largest absolute Gasteiger partial charge is 0.455 e. The summed E-state index contributed by atoms with van der Waals surface area (Å²) < 4.78 is 84.9. The van der Waals surface area contributed by atoms with Crippen molar-refractivity contribution >= 4 is 39.4 Å². The zero-order valence-electron chi connectivity index (χ0n) is 31.2. The molecule has 4 unspecified atom stereocenters. The number of para-hydroxylation sites is 1. The minimum atomic E-state index is -1.31. The van der Waals surface area contributed by atoms with Gasteiger partial charge in [-0.3, -0.25) is 0 Å². The van der Waals surface area contributed by atoms with E-state index in [1.54, 1.807) is 24.3 Å². The molecule has 4 atom stereocenters. The SMILES string of the molecule is [2H]C=C([2H])c1c(C([2H])=C[2H])c(-c2c(-c3ccccc3)oc3ccccc23)c2ccccc2c1-c1ccccc1C1=C([2H])C([2H])C([2H])C([2H])C1[2H]. The van der Waals surface area contributed by atoms with Crippen LogP contribution in [0.1, 0.15) is 54.6 Å². The lowest BCUT2D eigenvalue weighted by Gasteiger charge is -2.23. The Kier molecular flexibility index (Phi) is 4.41. The molecule has 0 spiro atoms. The van der Waals surface area contributed by atoms with E-state index in [0.717, 1.165) is 24.1 Å². The fraction of sp³-hybridized carbons (Fsp3) is 0.100. The van der Waals surface area contributed by atoms with Crippen LogP contribution in [-0.2, 0) is 0 Å². The van der Waals surface area contributed by atoms with Crippen LogP contribution in [0.3, 0.4) is 0 Å². The maximum atomic E-state index is 9.25. The highest BCUT2D eigenvalue weighted by Gasteiger charge is 2.26. The van der Waals surface area contributed by atoms with Crippen LogP contribution in [-0.4, -0.2) is 0 Å². The molecular weight excluding hydrogens is 496 g/mol. The van der Waals surface area contributed by atoms with Gasteiger partial charge in [-0.2, -0.15) is 0 Å². The molecule has 41 heavy (non-hydrogen) atoms. The van der Waals surface area contributed by atoms with Gasteiger partial charge in [-0.15, -0.1) is 0 Å². The first-order valence-corrected chi connectivity index (χ1v) is 13.5. The van der Waals surface area contributed by atoms with E-state index in [1.165, 1.54) is 0 Å². The molecule has 7 rings (SSSR count). The van der Waals surface area contributed by atoms with Crippen LogP contribution in [0.2, 0.25) is 0 Å². The fourth-order valence-electron chi connectivity index (χ4n) is 5.85. The summed E-state index contributed by atoms with van der Waals surface area (Å²) in [7, 11) is 0. The Morgan fingerprint density at radius 1 is 0.683 bits per heavy atom. The van der Waals surface area contributed by atoms with Gasteiger partial charge in [-0.25, -0.2) is 0 Å². The molecule has 1 aliphatic carbocycles. The van der Waals surface area contributed by atoms with Crippen molar-refractivity contribution in [1.82, 2.24) is 0 Å². The molecule has 1 aliphatic rings. The highest BCUT2D eigenvalue weighted by Crippen LogP contribution is 2.50. The fourth-order valence-corrected chi connectivity index (χ4v) is 5.85. The first-order chi connectivity index (χ1) is 24.2. The summed E-state index contributed by atoms with van der Waals surface area (Å²) in [5.74, 6) is 0.549. The standard InChI is InChI=1S/C40H32O/c1-3-29-30(4-2)38(39-35-25-15-16-26-36(35)41-40(39)28-19-9-6-10-20-28)34-24-14-13-23-33(34)37(29)32-22-12-11-21-31(32)27-17-7-5-8-18-27/h3-4,6,9-17,19-26H,1-2,5,7-8,18H2/i1D,2D,3D,4D,5D,7D,8D,17D,18D. The van der Waals surface area contributed by atoms with E-state index in [1.807, 2.05) is 78.9 Å². The lowest BCUT2D eigenvalue weighted by molar-refractivity contribution is 0.632. The molecule has 5 aromatic carbocycles. The normalized spacial score (nSPS) is 24.9. The number of benzene rings is 5. The third-order valence-electron chi connectivity index (χ3n) is 7.58. The second-order valence-corrected chi connectivity index (χ2v) is 9.82. The minimum absolute atomic E-state index is 0.167. The molecule has 1 heterocycles. The number of allylic oxidation sites excluding steroid dienone is 2. The van der Waals surface area contributed by atoms with E-state index in [9.17, 15) is 2.74 Å². The third-order valence-corrected chi connectivity index (χ3v) is 7.58. The first kappa shape index (κ1) is 17.0. The molecule has 1 heteroatoms. The highest BCUT2D eigenvalue weighted by atomic mass is 16.3. The van der Waals surface area contributed by atoms with E-state index in [0.29, 0.717) is 49.9 Å². The molecule has 0 aliphatic heterocycles. The molecule has 0 bridgehead atoms. The summed E-state index contributed by atoms with van der Waals surface area (Å²) in [4.78, 5) is 0. The summed E-state index contributed by atoms with van der Waals surface area (Å²) in [6, 6.07) is 31.2. The van der Waals surface area contributed by atoms with Gasteiger partial charge in [0.15, 0.2) is 0 Å². The minimum Gasteiger partial charge on any atom is -0.455 e. The molecule has 0 fully saturated rings. The number of rotatable bonds is 6. The molecule has 1 nitrogen and oxygen atoms in total. The number of hydrogen-bond donors (Lipinski definition) is 0.